The van der Waals surface area contributed by atoms with Crippen LogP contribution in [0.4, 0.5) is 0 Å². The van der Waals surface area contributed by atoms with Crippen LogP contribution in [-0.4, -0.2) is 62.2 Å². The Bertz CT molecular complexity index is 289. The van der Waals surface area contributed by atoms with Crippen molar-refractivity contribution in [3.8, 4) is 0 Å². The van der Waals surface area contributed by atoms with Crippen LogP contribution < -0.4 is 5.32 Å². The zero-order valence-corrected chi connectivity index (χ0v) is 15.6. The SMILES string of the molecule is CCC(C)(CNC(C)(C)C)CN(C)CC1CCN(C)CC1. The first-order valence-corrected chi connectivity index (χ1v) is 8.76. The van der Waals surface area contributed by atoms with Gasteiger partial charge in [-0.3, -0.25) is 0 Å². The molecule has 0 amide bonds. The molecule has 1 unspecified atom stereocenters. The molecule has 0 aromatic carbocycles. The van der Waals surface area contributed by atoms with Crippen molar-refractivity contribution in [2.75, 3.05) is 46.8 Å². The van der Waals surface area contributed by atoms with Crippen LogP contribution in [0.15, 0.2) is 0 Å². The quantitative estimate of drug-likeness (QED) is 0.779. The number of rotatable bonds is 7. The lowest BCUT2D eigenvalue weighted by molar-refractivity contribution is 0.128. The van der Waals surface area contributed by atoms with Crippen LogP contribution in [0.1, 0.15) is 53.9 Å². The maximum atomic E-state index is 3.69. The third-order valence-corrected chi connectivity index (χ3v) is 4.96. The smallest absolute Gasteiger partial charge is 0.00967 e. The number of piperidine rings is 1. The molecule has 3 heteroatoms. The number of likely N-dealkylation sites (tertiary alicyclic amines) is 1. The molecule has 126 valence electrons. The Morgan fingerprint density at radius 2 is 1.71 bits per heavy atom. The minimum Gasteiger partial charge on any atom is -0.311 e. The topological polar surface area (TPSA) is 18.5 Å². The van der Waals surface area contributed by atoms with E-state index in [2.05, 4.69) is 63.8 Å². The van der Waals surface area contributed by atoms with Crippen LogP contribution in [-0.2, 0) is 0 Å². The van der Waals surface area contributed by atoms with Crippen molar-refractivity contribution in [3.63, 3.8) is 0 Å². The summed E-state index contributed by atoms with van der Waals surface area (Å²) in [5, 5.41) is 3.69. The van der Waals surface area contributed by atoms with Crippen LogP contribution in [0, 0.1) is 11.3 Å². The average Bonchev–Trinajstić information content (AvgIpc) is 2.38. The monoisotopic (exact) mass is 297 g/mol. The minimum atomic E-state index is 0.211. The Morgan fingerprint density at radius 3 is 2.19 bits per heavy atom. The standard InChI is InChI=1S/C18H39N3/c1-8-18(5,14-19-17(2,3)4)15-21(7)13-16-9-11-20(6)12-10-16/h16,19H,8-15H2,1-7H3. The molecule has 0 spiro atoms. The maximum Gasteiger partial charge on any atom is 0.00967 e. The number of hydrogen-bond donors (Lipinski definition) is 1. The van der Waals surface area contributed by atoms with Gasteiger partial charge in [0.1, 0.15) is 0 Å². The van der Waals surface area contributed by atoms with Crippen LogP contribution in [0.5, 0.6) is 0 Å². The van der Waals surface area contributed by atoms with Gasteiger partial charge in [-0.2, -0.15) is 0 Å². The van der Waals surface area contributed by atoms with Crippen molar-refractivity contribution < 1.29 is 0 Å². The van der Waals surface area contributed by atoms with Crippen LogP contribution in [0.25, 0.3) is 0 Å². The summed E-state index contributed by atoms with van der Waals surface area (Å²) in [7, 11) is 4.55. The van der Waals surface area contributed by atoms with Gasteiger partial charge in [0, 0.05) is 25.2 Å². The Hall–Kier alpha value is -0.120. The lowest BCUT2D eigenvalue weighted by Gasteiger charge is -2.38. The molecular formula is C18H39N3. The van der Waals surface area contributed by atoms with Gasteiger partial charge in [-0.15, -0.1) is 0 Å². The van der Waals surface area contributed by atoms with Crippen molar-refractivity contribution in [3.05, 3.63) is 0 Å². The normalized spacial score (nSPS) is 21.7. The third-order valence-electron chi connectivity index (χ3n) is 4.96. The van der Waals surface area contributed by atoms with E-state index in [1.807, 2.05) is 0 Å². The molecule has 0 saturated carbocycles. The molecular weight excluding hydrogens is 258 g/mol. The van der Waals surface area contributed by atoms with Gasteiger partial charge in [0.05, 0.1) is 0 Å². The molecule has 0 aliphatic carbocycles. The van der Waals surface area contributed by atoms with E-state index in [-0.39, 0.29) is 5.54 Å². The van der Waals surface area contributed by atoms with Crippen LogP contribution >= 0.6 is 0 Å². The third kappa shape index (κ3) is 7.62. The molecule has 1 rings (SSSR count). The van der Waals surface area contributed by atoms with Crippen molar-refractivity contribution >= 4 is 0 Å². The molecule has 1 fully saturated rings. The Labute approximate surface area is 133 Å². The van der Waals surface area contributed by atoms with Crippen molar-refractivity contribution in [1.82, 2.24) is 15.1 Å². The van der Waals surface area contributed by atoms with Crippen LogP contribution in [0.2, 0.25) is 0 Å². The minimum absolute atomic E-state index is 0.211. The van der Waals surface area contributed by atoms with E-state index in [0.29, 0.717) is 5.41 Å². The molecule has 0 bridgehead atoms. The summed E-state index contributed by atoms with van der Waals surface area (Å²) >= 11 is 0. The van der Waals surface area contributed by atoms with Gasteiger partial charge in [0.15, 0.2) is 0 Å². The highest BCUT2D eigenvalue weighted by molar-refractivity contribution is 4.83. The number of nitrogens with one attached hydrogen (secondary N) is 1. The molecule has 1 saturated heterocycles. The molecule has 1 atom stereocenters. The number of hydrogen-bond acceptors (Lipinski definition) is 3. The Kier molecular flexibility index (Phi) is 7.15. The second kappa shape index (κ2) is 7.94. The van der Waals surface area contributed by atoms with E-state index in [4.69, 9.17) is 0 Å². The molecule has 1 heterocycles. The van der Waals surface area contributed by atoms with Gasteiger partial charge in [0.2, 0.25) is 0 Å². The number of nitrogens with zero attached hydrogens (tertiary/aromatic N) is 2. The second-order valence-electron chi connectivity index (χ2n) is 8.71. The molecule has 3 nitrogen and oxygen atoms in total. The second-order valence-corrected chi connectivity index (χ2v) is 8.71. The summed E-state index contributed by atoms with van der Waals surface area (Å²) in [5.74, 6) is 0.892. The first kappa shape index (κ1) is 18.9. The average molecular weight is 298 g/mol. The van der Waals surface area contributed by atoms with E-state index in [9.17, 15) is 0 Å². The largest absolute Gasteiger partial charge is 0.311 e. The van der Waals surface area contributed by atoms with Crippen LogP contribution in [0.3, 0.4) is 0 Å². The van der Waals surface area contributed by atoms with E-state index >= 15 is 0 Å². The molecule has 0 aromatic rings. The predicted octanol–water partition coefficient (Wildman–Crippen LogP) is 3.06. The highest BCUT2D eigenvalue weighted by atomic mass is 15.1. The molecule has 0 radical (unpaired) electrons. The molecule has 1 aliphatic rings. The summed E-state index contributed by atoms with van der Waals surface area (Å²) < 4.78 is 0. The maximum absolute atomic E-state index is 3.69. The summed E-state index contributed by atoms with van der Waals surface area (Å²) in [6, 6.07) is 0. The van der Waals surface area contributed by atoms with Gasteiger partial charge in [-0.1, -0.05) is 13.8 Å². The van der Waals surface area contributed by atoms with Crippen molar-refractivity contribution in [1.29, 1.82) is 0 Å². The lowest BCUT2D eigenvalue weighted by atomic mass is 9.85. The van der Waals surface area contributed by atoms with E-state index in [1.165, 1.54) is 45.4 Å². The molecule has 1 N–H and O–H groups in total. The fourth-order valence-corrected chi connectivity index (χ4v) is 3.17. The Morgan fingerprint density at radius 1 is 1.14 bits per heavy atom. The summed E-state index contributed by atoms with van der Waals surface area (Å²) in [5.41, 5.74) is 0.580. The molecule has 0 aromatic heterocycles. The Balaban J connectivity index is 2.40. The zero-order chi connectivity index (χ0) is 16.1. The fraction of sp³-hybridized carbons (Fsp3) is 1.00. The van der Waals surface area contributed by atoms with Gasteiger partial charge in [-0.25, -0.2) is 0 Å². The summed E-state index contributed by atoms with van der Waals surface area (Å²) in [6.45, 7) is 17.6. The highest BCUT2D eigenvalue weighted by Gasteiger charge is 2.27. The first-order chi connectivity index (χ1) is 9.63. The fourth-order valence-electron chi connectivity index (χ4n) is 3.17. The lowest BCUT2D eigenvalue weighted by Crippen LogP contribution is -2.47. The van der Waals surface area contributed by atoms with Gasteiger partial charge >= 0.3 is 0 Å². The van der Waals surface area contributed by atoms with Gasteiger partial charge in [0.25, 0.3) is 0 Å². The van der Waals surface area contributed by atoms with E-state index < -0.39 is 0 Å². The van der Waals surface area contributed by atoms with Crippen molar-refractivity contribution in [2.24, 2.45) is 11.3 Å². The molecule has 21 heavy (non-hydrogen) atoms. The predicted molar refractivity (Wildman–Crippen MR) is 93.9 cm³/mol. The molecule has 1 aliphatic heterocycles. The van der Waals surface area contributed by atoms with E-state index in [1.54, 1.807) is 0 Å². The summed E-state index contributed by atoms with van der Waals surface area (Å²) in [6.07, 6.45) is 3.96. The van der Waals surface area contributed by atoms with Gasteiger partial charge in [-0.05, 0) is 78.6 Å². The summed E-state index contributed by atoms with van der Waals surface area (Å²) in [4.78, 5) is 5.03. The van der Waals surface area contributed by atoms with E-state index in [0.717, 1.165) is 12.5 Å². The van der Waals surface area contributed by atoms with Crippen molar-refractivity contribution in [2.45, 2.75) is 59.4 Å². The highest BCUT2D eigenvalue weighted by Crippen LogP contribution is 2.24. The van der Waals surface area contributed by atoms with Gasteiger partial charge < -0.3 is 15.1 Å². The first-order valence-electron chi connectivity index (χ1n) is 8.76. The zero-order valence-electron chi connectivity index (χ0n) is 15.6.